The lowest BCUT2D eigenvalue weighted by Crippen LogP contribution is -2.62. The number of rotatable bonds is 52. The van der Waals surface area contributed by atoms with Crippen LogP contribution in [0.1, 0.15) is 120 Å². The Morgan fingerprint density at radius 2 is 1.10 bits per heavy atom. The van der Waals surface area contributed by atoms with E-state index in [0.29, 0.717) is 70.8 Å². The highest BCUT2D eigenvalue weighted by molar-refractivity contribution is 8.00. The van der Waals surface area contributed by atoms with Crippen molar-refractivity contribution in [1.29, 1.82) is 5.41 Å². The van der Waals surface area contributed by atoms with Crippen molar-refractivity contribution in [1.82, 2.24) is 93.0 Å². The third-order valence-corrected chi connectivity index (χ3v) is 24.8. The molecule has 0 bridgehead atoms. The molecule has 2 aliphatic heterocycles. The fraction of sp³-hybridized carbons (Fsp3) is 0.512. The number of aromatic amines is 2. The largest absolute Gasteiger partial charge is 0.508 e. The number of likely N-dealkylation sites (N-methyl/N-ethyl adjacent to an activating group) is 3. The van der Waals surface area contributed by atoms with E-state index in [0.717, 1.165) is 31.2 Å². The Morgan fingerprint density at radius 1 is 0.565 bits per heavy atom. The number of aromatic hydroxyl groups is 1. The fourth-order valence-corrected chi connectivity index (χ4v) is 17.4. The first-order valence-corrected chi connectivity index (χ1v) is 45.3. The van der Waals surface area contributed by atoms with Gasteiger partial charge in [-0.1, -0.05) is 88.1 Å². The number of amides is 16. The molecule has 0 saturated carbocycles. The zero-order chi connectivity index (χ0) is 95.7. The summed E-state index contributed by atoms with van der Waals surface area (Å²) in [5.41, 5.74) is 25.0. The molecule has 2 saturated heterocycles. The molecular weight excluding hydrogens is 1740 g/mol. The second-order valence-electron chi connectivity index (χ2n) is 32.2. The number of carbonyl (C=O) groups excluding carboxylic acids is 16. The molecule has 2 aliphatic rings. The van der Waals surface area contributed by atoms with Crippen LogP contribution in [0.3, 0.4) is 0 Å². The molecule has 131 heavy (non-hydrogen) atoms. The summed E-state index contributed by atoms with van der Waals surface area (Å²) in [6.07, 6.45) is 5.40. The van der Waals surface area contributed by atoms with E-state index in [9.17, 15) is 73.2 Å². The first kappa shape index (κ1) is 104. The Kier molecular flexibility index (Phi) is 40.3. The van der Waals surface area contributed by atoms with Crippen molar-refractivity contribution in [2.75, 3.05) is 72.1 Å². The summed E-state index contributed by atoms with van der Waals surface area (Å²) in [7, 11) is 4.06. The number of nitrogens with zero attached hydrogens (tertiary/aromatic N) is 5. The smallest absolute Gasteiger partial charge is 0.248 e. The monoisotopic (exact) mass is 1860 g/mol. The van der Waals surface area contributed by atoms with Gasteiger partial charge in [0.1, 0.15) is 84.3 Å². The van der Waals surface area contributed by atoms with Crippen molar-refractivity contribution in [3.63, 3.8) is 0 Å². The number of aliphatic hydroxyl groups is 3. The first-order valence-electron chi connectivity index (χ1n) is 43.3. The van der Waals surface area contributed by atoms with E-state index in [4.69, 9.17) is 28.3 Å². The second-order valence-corrected chi connectivity index (χ2v) is 34.2. The molecular formula is C86H121N23O20S2. The number of likely N-dealkylation sites (tertiary alicyclic amines) is 2. The minimum Gasteiger partial charge on any atom is -0.508 e. The van der Waals surface area contributed by atoms with Crippen molar-refractivity contribution in [3.8, 4) is 5.75 Å². The van der Waals surface area contributed by atoms with Gasteiger partial charge in [0.25, 0.3) is 0 Å². The van der Waals surface area contributed by atoms with Crippen LogP contribution in [0.5, 0.6) is 5.75 Å². The number of nitrogens with two attached hydrogens (primary N) is 4. The average molecular weight is 1860 g/mol. The number of primary amides is 2. The van der Waals surface area contributed by atoms with Crippen molar-refractivity contribution in [3.05, 3.63) is 119 Å². The first-order chi connectivity index (χ1) is 62.6. The van der Waals surface area contributed by atoms with Crippen molar-refractivity contribution in [2.45, 2.75) is 208 Å². The number of aliphatic hydroxyl groups excluding tert-OH is 3. The van der Waals surface area contributed by atoms with Gasteiger partial charge in [0, 0.05) is 106 Å². The number of carbonyl (C=O) groups is 16. The molecule has 0 radical (unpaired) electrons. The molecule has 0 aliphatic carbocycles. The Hall–Kier alpha value is -12.8. The van der Waals surface area contributed by atoms with Gasteiger partial charge >= 0.3 is 0 Å². The van der Waals surface area contributed by atoms with E-state index >= 15 is 24.0 Å². The van der Waals surface area contributed by atoms with Crippen LogP contribution in [0, 0.1) is 5.41 Å². The van der Waals surface area contributed by atoms with E-state index in [-0.39, 0.29) is 96.0 Å². The molecule has 14 atom stereocenters. The van der Waals surface area contributed by atoms with E-state index in [1.54, 1.807) is 54.0 Å². The minimum absolute atomic E-state index is 0.00116. The van der Waals surface area contributed by atoms with E-state index in [1.165, 1.54) is 62.0 Å². The van der Waals surface area contributed by atoms with Gasteiger partial charge in [-0.25, -0.2) is 4.98 Å². The molecule has 26 N–H and O–H groups in total. The van der Waals surface area contributed by atoms with Crippen LogP contribution >= 0.6 is 23.1 Å². The van der Waals surface area contributed by atoms with Crippen molar-refractivity contribution >= 4 is 145 Å². The number of guanidine groups is 1. The van der Waals surface area contributed by atoms with Gasteiger partial charge in [-0.2, -0.15) is 0 Å². The van der Waals surface area contributed by atoms with Gasteiger partial charge in [-0.05, 0) is 103 Å². The van der Waals surface area contributed by atoms with Crippen molar-refractivity contribution in [2.24, 2.45) is 22.9 Å². The molecule has 1 unspecified atom stereocenters. The Balaban J connectivity index is 1.02. The number of unbranched alkanes of at least 4 members (excludes halogenated alkanes) is 2. The number of phenols is 1. The lowest BCUT2D eigenvalue weighted by Gasteiger charge is -2.36. The highest BCUT2D eigenvalue weighted by atomic mass is 32.2. The van der Waals surface area contributed by atoms with Crippen LogP contribution in [0.2, 0.25) is 0 Å². The van der Waals surface area contributed by atoms with Gasteiger partial charge in [0.15, 0.2) is 5.96 Å². The second kappa shape index (κ2) is 50.9. The lowest BCUT2D eigenvalue weighted by atomic mass is 10.00. The van der Waals surface area contributed by atoms with Crippen LogP contribution in [0.25, 0.3) is 21.0 Å². The average Bonchev–Trinajstić information content (AvgIpc) is 1.78. The van der Waals surface area contributed by atoms with Crippen LogP contribution in [0.4, 0.5) is 0 Å². The van der Waals surface area contributed by atoms with Crippen molar-refractivity contribution < 1.29 is 97.1 Å². The molecule has 45 heteroatoms. The number of hydrogen-bond donors (Lipinski definition) is 22. The molecule has 5 heterocycles. The SMILES string of the molecule is CCCC[C@@H](C(=O)N(C)[C@@H](CCCC)C(=O)N[C@@H](CCCNC(=N)N)C(=O)NC(CSCC(=O)N[C@@H](Cc1ccc(O)cc1)C(=O)NC)C(=O)N[C@@H](CO)C(N)=O)N(C)C(=O)[C@H](Cc1csc2ccccc12)NC(=O)[C@H](CO)NC(=O)[C@H](Cc1c[nH]c2ccccc12)NC(=O)[C@@H]1CCCN1C(=O)[C@H](CO)NC(=O)[C@H](Cc1cnc[nH]1)NC(=O)[C@@H]1CCCN1C(=O)[C@@H](N)CC(N)=O. The third-order valence-electron chi connectivity index (χ3n) is 22.7. The zero-order valence-corrected chi connectivity index (χ0v) is 75.3. The maximum Gasteiger partial charge on any atom is 0.248 e. The standard InChI is InChI=1S/C86H121N23O20S2/c1-6-8-21-65(79(123)98-56(20-14-30-94-86(90)91)74(118)105-64(78(122)102-61(40-110)72(89)116)44-130-45-71(115)97-57(73(117)92-3)33-47-26-28-51(113)29-27-47)106(4)85(129)68(22-9-7-2)107(5)83(127)60(35-49-43-131-69-25-13-11-18-53(49)69)101-77(121)62(41-111)103-75(119)58(34-48-38-95-55-19-12-10-17-52(48)55)99-81(125)67-24-16-32-109(67)84(128)63(42-112)104-76(120)59(36-50-39-93-46-96-50)100-80(124)66-23-15-31-108(66)82(126)54(87)37-70(88)114/h10-13,17-19,25-29,38-39,43,46,54,56-68,95,110-113H,6-9,14-16,20-24,30-37,40-42,44-45,87H2,1-5H3,(H2,88,114)(H2,89,116)(H,92,117)(H,93,96)(H,97,115)(H,98,123)(H,99,125)(H,100,124)(H,101,121)(H,102,122)(H,103,119)(H,104,120)(H,105,118)(H4,90,91,94)/t54-,56-,57-,58-,59-,60-,61-,62-,63-,64?,65-,66-,67-,68-/m0/s1. The highest BCUT2D eigenvalue weighted by Gasteiger charge is 2.44. The van der Waals surface area contributed by atoms with Crippen LogP contribution in [0.15, 0.2) is 96.9 Å². The van der Waals surface area contributed by atoms with Gasteiger partial charge in [0.2, 0.25) is 94.5 Å². The van der Waals surface area contributed by atoms with E-state index < -0.39 is 223 Å². The molecule has 0 spiro atoms. The molecule has 43 nitrogen and oxygen atoms in total. The lowest BCUT2D eigenvalue weighted by molar-refractivity contribution is -0.149. The summed E-state index contributed by atoms with van der Waals surface area (Å²) in [6, 6.07) is -0.439. The quantitative estimate of drug-likeness (QED) is 0.00980. The predicted octanol–water partition coefficient (Wildman–Crippen LogP) is -4.13. The molecule has 8 rings (SSSR count). The van der Waals surface area contributed by atoms with Gasteiger partial charge in [-0.3, -0.25) is 82.1 Å². The molecule has 712 valence electrons. The summed E-state index contributed by atoms with van der Waals surface area (Å²) >= 11 is 2.17. The summed E-state index contributed by atoms with van der Waals surface area (Å²) in [5.74, 6) is -15.3. The number of benzene rings is 3. The third kappa shape index (κ3) is 29.6. The number of nitrogens with one attached hydrogen (secondary N) is 14. The van der Waals surface area contributed by atoms with E-state index in [2.05, 4.69) is 73.4 Å². The Labute approximate surface area is 764 Å². The van der Waals surface area contributed by atoms with Crippen LogP contribution in [-0.4, -0.2) is 312 Å². The molecule has 3 aromatic carbocycles. The number of hydrogen-bond acceptors (Lipinski definition) is 25. The zero-order valence-electron chi connectivity index (χ0n) is 73.7. The fourth-order valence-electron chi connectivity index (χ4n) is 15.5. The number of aromatic nitrogens is 3. The number of fused-ring (bicyclic) bond motifs is 2. The normalized spacial score (nSPS) is 16.3. The number of imidazole rings is 1. The maximum absolute atomic E-state index is 15.7. The summed E-state index contributed by atoms with van der Waals surface area (Å²) in [6.45, 7) is 0.663. The maximum atomic E-state index is 15.7. The Morgan fingerprint density at radius 3 is 1.70 bits per heavy atom. The number of thioether (sulfide) groups is 1. The number of para-hydroxylation sites is 1. The van der Waals surface area contributed by atoms with Gasteiger partial charge < -0.3 is 131 Å². The van der Waals surface area contributed by atoms with Gasteiger partial charge in [-0.15, -0.1) is 23.1 Å². The van der Waals surface area contributed by atoms with Gasteiger partial charge in [0.05, 0.1) is 44.4 Å². The molecule has 16 amide bonds. The molecule has 2 fully saturated rings. The summed E-state index contributed by atoms with van der Waals surface area (Å²) < 4.78 is 0.810. The van der Waals surface area contributed by atoms with E-state index in [1.807, 2.05) is 32.0 Å². The summed E-state index contributed by atoms with van der Waals surface area (Å²) in [4.78, 5) is 242. The number of thiophene rings is 1. The number of phenolic OH excluding ortho intramolecular Hbond substituents is 1. The topological polar surface area (TPSA) is 672 Å². The Bertz CT molecular complexity index is 4980. The highest BCUT2D eigenvalue weighted by Crippen LogP contribution is 2.29. The minimum atomic E-state index is -1.87. The summed E-state index contributed by atoms with van der Waals surface area (Å²) in [5, 5.41) is 81.3. The van der Waals surface area contributed by atoms with Crippen LogP contribution < -0.4 is 81.4 Å². The predicted molar refractivity (Wildman–Crippen MR) is 483 cm³/mol. The molecule has 6 aromatic rings. The molecule has 3 aromatic heterocycles. The number of H-pyrrole nitrogens is 2. The van der Waals surface area contributed by atoms with Crippen LogP contribution in [-0.2, 0) is 102 Å².